The molecule has 0 amide bonds. The van der Waals surface area contributed by atoms with E-state index >= 15 is 0 Å². The Morgan fingerprint density at radius 3 is 2.35 bits per heavy atom. The normalized spacial score (nSPS) is 15.9. The number of ether oxygens (including phenoxy) is 4. The van der Waals surface area contributed by atoms with E-state index in [1.807, 2.05) is 19.1 Å². The smallest absolute Gasteiger partial charge is 0.309 e. The zero-order valence-corrected chi connectivity index (χ0v) is 20.8. The van der Waals surface area contributed by atoms with Crippen LogP contribution in [0.1, 0.15) is 42.1 Å². The molecule has 4 rings (SSSR count). The number of aryl methyl sites for hydroxylation is 1. The number of aromatic nitrogens is 3. The number of carbonyl (C=O) groups excluding carboxylic acids is 1. The molecular weight excluding hydrogens is 460 g/mol. The van der Waals surface area contributed by atoms with E-state index in [1.54, 1.807) is 28.3 Å². The van der Waals surface area contributed by atoms with Crippen LogP contribution in [0.25, 0.3) is 4.96 Å². The van der Waals surface area contributed by atoms with Crippen molar-refractivity contribution in [1.29, 1.82) is 0 Å². The standard InChI is InChI=1S/C23H30N4O6S/c1-6-33-22(29)14-7-9-26(10-8-14)18(20-21(28)27-23(34-20)24-13(2)25-27)15-11-16(30-3)19(32-5)17(12-15)31-4/h11-12,14,18,28H,6-10H2,1-5H3/t18-/m0/s1. The van der Waals surface area contributed by atoms with Gasteiger partial charge in [-0.15, -0.1) is 5.10 Å². The van der Waals surface area contributed by atoms with Gasteiger partial charge in [0.25, 0.3) is 0 Å². The number of esters is 1. The Morgan fingerprint density at radius 2 is 1.82 bits per heavy atom. The Kier molecular flexibility index (Phi) is 7.13. The molecule has 10 nitrogen and oxygen atoms in total. The number of thiazole rings is 1. The zero-order valence-electron chi connectivity index (χ0n) is 20.0. The lowest BCUT2D eigenvalue weighted by Crippen LogP contribution is -2.39. The summed E-state index contributed by atoms with van der Waals surface area (Å²) in [5.41, 5.74) is 0.862. The fourth-order valence-corrected chi connectivity index (χ4v) is 5.63. The predicted molar refractivity (Wildman–Crippen MR) is 126 cm³/mol. The number of methoxy groups -OCH3 is 3. The van der Waals surface area contributed by atoms with E-state index in [2.05, 4.69) is 15.0 Å². The van der Waals surface area contributed by atoms with E-state index in [0.717, 1.165) is 5.56 Å². The monoisotopic (exact) mass is 490 g/mol. The van der Waals surface area contributed by atoms with Gasteiger partial charge < -0.3 is 24.1 Å². The van der Waals surface area contributed by atoms with Gasteiger partial charge in [-0.2, -0.15) is 4.52 Å². The Labute approximate surface area is 202 Å². The minimum atomic E-state index is -0.328. The number of benzene rings is 1. The molecule has 0 saturated carbocycles. The SMILES string of the molecule is CCOC(=O)C1CCN([C@@H](c2cc(OC)c(OC)c(OC)c2)c2sc3nc(C)nn3c2O)CC1. The summed E-state index contributed by atoms with van der Waals surface area (Å²) in [4.78, 5) is 20.3. The lowest BCUT2D eigenvalue weighted by molar-refractivity contribution is -0.149. The molecule has 0 radical (unpaired) electrons. The Bertz CT molecular complexity index is 1140. The third-order valence-electron chi connectivity index (χ3n) is 6.07. The quantitative estimate of drug-likeness (QED) is 0.476. The molecule has 1 aliphatic heterocycles. The maximum Gasteiger partial charge on any atom is 0.309 e. The maximum absolute atomic E-state index is 12.3. The molecule has 1 fully saturated rings. The van der Waals surface area contributed by atoms with Gasteiger partial charge in [-0.05, 0) is 57.5 Å². The van der Waals surface area contributed by atoms with Crippen LogP contribution < -0.4 is 14.2 Å². The Hall–Kier alpha value is -3.05. The van der Waals surface area contributed by atoms with Crippen molar-refractivity contribution in [3.05, 3.63) is 28.4 Å². The molecule has 34 heavy (non-hydrogen) atoms. The van der Waals surface area contributed by atoms with Gasteiger partial charge >= 0.3 is 5.97 Å². The van der Waals surface area contributed by atoms with Gasteiger partial charge in [0.1, 0.15) is 5.82 Å². The van der Waals surface area contributed by atoms with Gasteiger partial charge in [0, 0.05) is 0 Å². The van der Waals surface area contributed by atoms with Crippen LogP contribution in [0.5, 0.6) is 23.1 Å². The summed E-state index contributed by atoms with van der Waals surface area (Å²) < 4.78 is 23.4. The average molecular weight is 491 g/mol. The summed E-state index contributed by atoms with van der Waals surface area (Å²) in [5, 5.41) is 15.4. The van der Waals surface area contributed by atoms with Gasteiger partial charge in [0.15, 0.2) is 11.5 Å². The number of fused-ring (bicyclic) bond motifs is 1. The number of aromatic hydroxyl groups is 1. The van der Waals surface area contributed by atoms with Crippen LogP contribution in [-0.2, 0) is 9.53 Å². The highest BCUT2D eigenvalue weighted by atomic mass is 32.1. The second kappa shape index (κ2) is 10.1. The number of rotatable bonds is 8. The van der Waals surface area contributed by atoms with E-state index in [-0.39, 0.29) is 23.8 Å². The molecule has 0 spiro atoms. The van der Waals surface area contributed by atoms with Crippen molar-refractivity contribution in [2.45, 2.75) is 32.7 Å². The summed E-state index contributed by atoms with van der Waals surface area (Å²) >= 11 is 1.39. The van der Waals surface area contributed by atoms with Crippen LogP contribution in [0, 0.1) is 12.8 Å². The van der Waals surface area contributed by atoms with Gasteiger partial charge in [-0.1, -0.05) is 11.3 Å². The molecule has 1 aromatic carbocycles. The summed E-state index contributed by atoms with van der Waals surface area (Å²) in [5.74, 6) is 1.91. The van der Waals surface area contributed by atoms with E-state index in [1.165, 1.54) is 15.9 Å². The zero-order chi connectivity index (χ0) is 24.4. The minimum absolute atomic E-state index is 0.0480. The molecular formula is C23H30N4O6S. The Balaban J connectivity index is 1.77. The molecule has 0 aliphatic carbocycles. The lowest BCUT2D eigenvalue weighted by atomic mass is 9.93. The number of nitrogens with zero attached hydrogens (tertiary/aromatic N) is 4. The van der Waals surface area contributed by atoms with Crippen molar-refractivity contribution in [2.24, 2.45) is 5.92 Å². The van der Waals surface area contributed by atoms with Crippen LogP contribution in [-0.4, -0.2) is 71.6 Å². The second-order valence-corrected chi connectivity index (χ2v) is 9.08. The first kappa shape index (κ1) is 24.1. The average Bonchev–Trinajstić information content (AvgIpc) is 3.35. The predicted octanol–water partition coefficient (Wildman–Crippen LogP) is 3.20. The summed E-state index contributed by atoms with van der Waals surface area (Å²) in [6.45, 7) is 5.28. The highest BCUT2D eigenvalue weighted by Crippen LogP contribution is 2.46. The van der Waals surface area contributed by atoms with Gasteiger partial charge in [0.2, 0.25) is 16.6 Å². The molecule has 3 heterocycles. The van der Waals surface area contributed by atoms with E-state index in [0.29, 0.717) is 65.4 Å². The number of hydrogen-bond acceptors (Lipinski definition) is 10. The number of carbonyl (C=O) groups is 1. The molecule has 0 unspecified atom stereocenters. The van der Waals surface area contributed by atoms with Gasteiger partial charge in [0.05, 0.1) is 44.8 Å². The van der Waals surface area contributed by atoms with Crippen molar-refractivity contribution < 1.29 is 28.8 Å². The largest absolute Gasteiger partial charge is 0.493 e. The van der Waals surface area contributed by atoms with Crippen LogP contribution in [0.15, 0.2) is 12.1 Å². The number of likely N-dealkylation sites (tertiary alicyclic amines) is 1. The van der Waals surface area contributed by atoms with Gasteiger partial charge in [-0.25, -0.2) is 4.98 Å². The fraction of sp³-hybridized carbons (Fsp3) is 0.522. The number of piperidine rings is 1. The van der Waals surface area contributed by atoms with E-state index < -0.39 is 0 Å². The van der Waals surface area contributed by atoms with Crippen molar-refractivity contribution in [3.63, 3.8) is 0 Å². The van der Waals surface area contributed by atoms with Crippen LogP contribution in [0.3, 0.4) is 0 Å². The van der Waals surface area contributed by atoms with Crippen LogP contribution in [0.4, 0.5) is 0 Å². The van der Waals surface area contributed by atoms with Crippen molar-refractivity contribution >= 4 is 22.3 Å². The maximum atomic E-state index is 12.3. The summed E-state index contributed by atoms with van der Waals surface area (Å²) in [6.07, 6.45) is 1.33. The van der Waals surface area contributed by atoms with Crippen molar-refractivity contribution in [1.82, 2.24) is 19.5 Å². The third kappa shape index (κ3) is 4.37. The molecule has 1 aliphatic rings. The summed E-state index contributed by atoms with van der Waals surface area (Å²) in [7, 11) is 4.71. The first-order valence-electron chi connectivity index (χ1n) is 11.2. The van der Waals surface area contributed by atoms with Crippen LogP contribution >= 0.6 is 11.3 Å². The number of hydrogen-bond donors (Lipinski definition) is 1. The third-order valence-corrected chi connectivity index (χ3v) is 7.14. The molecule has 11 heteroatoms. The topological polar surface area (TPSA) is 108 Å². The van der Waals surface area contributed by atoms with Crippen molar-refractivity contribution in [2.75, 3.05) is 41.0 Å². The van der Waals surface area contributed by atoms with Crippen LogP contribution in [0.2, 0.25) is 0 Å². The lowest BCUT2D eigenvalue weighted by Gasteiger charge is -2.37. The molecule has 1 saturated heterocycles. The second-order valence-electron chi connectivity index (χ2n) is 8.07. The Morgan fingerprint density at radius 1 is 1.18 bits per heavy atom. The van der Waals surface area contributed by atoms with E-state index in [4.69, 9.17) is 18.9 Å². The molecule has 1 atom stereocenters. The highest BCUT2D eigenvalue weighted by molar-refractivity contribution is 7.17. The highest BCUT2D eigenvalue weighted by Gasteiger charge is 2.35. The molecule has 2 aromatic heterocycles. The van der Waals surface area contributed by atoms with Gasteiger partial charge in [-0.3, -0.25) is 9.69 Å². The molecule has 184 valence electrons. The molecule has 3 aromatic rings. The molecule has 1 N–H and O–H groups in total. The van der Waals surface area contributed by atoms with Crippen molar-refractivity contribution in [3.8, 4) is 23.1 Å². The summed E-state index contributed by atoms with van der Waals surface area (Å²) in [6, 6.07) is 3.46. The molecule has 0 bridgehead atoms. The first-order valence-corrected chi connectivity index (χ1v) is 12.0. The van der Waals surface area contributed by atoms with E-state index in [9.17, 15) is 9.90 Å². The minimum Gasteiger partial charge on any atom is -0.493 e. The first-order chi connectivity index (χ1) is 16.4. The fourth-order valence-electron chi connectivity index (χ4n) is 4.47.